The fourth-order valence-corrected chi connectivity index (χ4v) is 2.02. The average molecular weight is 225 g/mol. The summed E-state index contributed by atoms with van der Waals surface area (Å²) in [4.78, 5) is 0. The first kappa shape index (κ1) is 11.5. The monoisotopic (exact) mass is 225 g/mol. The van der Waals surface area contributed by atoms with Crippen LogP contribution < -0.4 is 5.32 Å². The van der Waals surface area contributed by atoms with Crippen molar-refractivity contribution < 1.29 is 8.78 Å². The highest BCUT2D eigenvalue weighted by Gasteiger charge is 2.33. The molecule has 0 amide bonds. The Labute approximate surface area is 94.9 Å². The lowest BCUT2D eigenvalue weighted by Crippen LogP contribution is -2.30. The molecule has 1 unspecified atom stereocenters. The molecule has 88 valence electrons. The van der Waals surface area contributed by atoms with E-state index < -0.39 is 11.6 Å². The Balaban J connectivity index is 2.24. The van der Waals surface area contributed by atoms with Gasteiger partial charge < -0.3 is 5.32 Å². The lowest BCUT2D eigenvalue weighted by molar-refractivity contribution is 0.418. The predicted octanol–water partition coefficient (Wildman–Crippen LogP) is 3.41. The van der Waals surface area contributed by atoms with Crippen LogP contribution in [0.2, 0.25) is 0 Å². The van der Waals surface area contributed by atoms with Crippen molar-refractivity contribution in [3.05, 3.63) is 35.4 Å². The van der Waals surface area contributed by atoms with Gasteiger partial charge in [-0.2, -0.15) is 0 Å². The molecule has 1 saturated carbocycles. The number of benzene rings is 1. The largest absolute Gasteiger partial charge is 0.307 e. The first-order valence-electron chi connectivity index (χ1n) is 5.79. The Bertz CT molecular complexity index is 372. The van der Waals surface area contributed by atoms with Crippen LogP contribution in [0, 0.1) is 17.6 Å². The number of hydrogen-bond acceptors (Lipinski definition) is 1. The van der Waals surface area contributed by atoms with Crippen molar-refractivity contribution in [3.8, 4) is 0 Å². The maximum absolute atomic E-state index is 13.7. The van der Waals surface area contributed by atoms with Gasteiger partial charge in [-0.05, 0) is 24.8 Å². The molecule has 3 heteroatoms. The van der Waals surface area contributed by atoms with E-state index in [4.69, 9.17) is 0 Å². The van der Waals surface area contributed by atoms with Crippen LogP contribution in [0.1, 0.15) is 38.3 Å². The Hall–Kier alpha value is -0.960. The first-order chi connectivity index (χ1) is 7.58. The molecule has 0 radical (unpaired) electrons. The minimum atomic E-state index is -0.514. The van der Waals surface area contributed by atoms with E-state index in [2.05, 4.69) is 5.32 Å². The molecule has 1 aromatic carbocycles. The first-order valence-corrected chi connectivity index (χ1v) is 5.79. The maximum atomic E-state index is 13.7. The molecule has 0 spiro atoms. The van der Waals surface area contributed by atoms with Crippen molar-refractivity contribution in [1.29, 1.82) is 0 Å². The van der Waals surface area contributed by atoms with Crippen molar-refractivity contribution in [3.63, 3.8) is 0 Å². The minimum Gasteiger partial charge on any atom is -0.307 e. The predicted molar refractivity (Wildman–Crippen MR) is 60.1 cm³/mol. The van der Waals surface area contributed by atoms with Crippen LogP contribution in [-0.4, -0.2) is 6.04 Å². The molecule has 0 bridgehead atoms. The Morgan fingerprint density at radius 2 is 1.94 bits per heavy atom. The highest BCUT2D eigenvalue weighted by Crippen LogP contribution is 2.41. The molecule has 1 atom stereocenters. The molecule has 0 heterocycles. The van der Waals surface area contributed by atoms with Crippen molar-refractivity contribution in [2.24, 2.45) is 5.92 Å². The summed E-state index contributed by atoms with van der Waals surface area (Å²) >= 11 is 0. The molecule has 1 fully saturated rings. The van der Waals surface area contributed by atoms with Gasteiger partial charge in [0.1, 0.15) is 11.6 Å². The molecule has 0 aliphatic heterocycles. The summed E-state index contributed by atoms with van der Waals surface area (Å²) in [6.45, 7) is 4.08. The zero-order valence-electron chi connectivity index (χ0n) is 9.63. The molecular weight excluding hydrogens is 208 g/mol. The summed E-state index contributed by atoms with van der Waals surface area (Å²) in [5, 5.41) is 3.36. The molecule has 1 aliphatic carbocycles. The van der Waals surface area contributed by atoms with Crippen LogP contribution in [0.4, 0.5) is 8.78 Å². The SMILES string of the molecule is CC(C)NC(c1ccc(F)cc1F)C1CC1. The van der Waals surface area contributed by atoms with Gasteiger partial charge in [-0.25, -0.2) is 8.78 Å². The molecule has 0 aromatic heterocycles. The summed E-state index contributed by atoms with van der Waals surface area (Å²) < 4.78 is 26.5. The number of halogens is 2. The fraction of sp³-hybridized carbons (Fsp3) is 0.538. The lowest BCUT2D eigenvalue weighted by Gasteiger charge is -2.22. The third-order valence-corrected chi connectivity index (χ3v) is 2.90. The molecular formula is C13H17F2N. The second kappa shape index (κ2) is 4.50. The summed E-state index contributed by atoms with van der Waals surface area (Å²) in [7, 11) is 0. The third-order valence-electron chi connectivity index (χ3n) is 2.90. The molecule has 1 aliphatic rings. The minimum absolute atomic E-state index is 0.0283. The van der Waals surface area contributed by atoms with Crippen LogP contribution in [0.25, 0.3) is 0 Å². The van der Waals surface area contributed by atoms with E-state index in [1.807, 2.05) is 13.8 Å². The summed E-state index contributed by atoms with van der Waals surface area (Å²) in [6.07, 6.45) is 2.25. The van der Waals surface area contributed by atoms with Crippen molar-refractivity contribution in [1.82, 2.24) is 5.32 Å². The van der Waals surface area contributed by atoms with E-state index in [1.54, 1.807) is 6.07 Å². The molecule has 1 N–H and O–H groups in total. The van der Waals surface area contributed by atoms with Crippen LogP contribution in [0.3, 0.4) is 0 Å². The zero-order valence-corrected chi connectivity index (χ0v) is 9.63. The zero-order chi connectivity index (χ0) is 11.7. The van der Waals surface area contributed by atoms with Crippen LogP contribution >= 0.6 is 0 Å². The third kappa shape index (κ3) is 2.59. The summed E-state index contributed by atoms with van der Waals surface area (Å²) in [5.41, 5.74) is 0.595. The van der Waals surface area contributed by atoms with Crippen LogP contribution in [0.5, 0.6) is 0 Å². The van der Waals surface area contributed by atoms with Gasteiger partial charge in [0.05, 0.1) is 0 Å². The van der Waals surface area contributed by atoms with E-state index in [-0.39, 0.29) is 6.04 Å². The number of hydrogen-bond donors (Lipinski definition) is 1. The quantitative estimate of drug-likeness (QED) is 0.828. The van der Waals surface area contributed by atoms with Gasteiger partial charge in [0.25, 0.3) is 0 Å². The smallest absolute Gasteiger partial charge is 0.130 e. The Morgan fingerprint density at radius 1 is 1.25 bits per heavy atom. The van der Waals surface area contributed by atoms with Crippen LogP contribution in [0.15, 0.2) is 18.2 Å². The van der Waals surface area contributed by atoms with Gasteiger partial charge in [0.15, 0.2) is 0 Å². The van der Waals surface area contributed by atoms with Crippen molar-refractivity contribution in [2.75, 3.05) is 0 Å². The van der Waals surface area contributed by atoms with E-state index in [1.165, 1.54) is 6.07 Å². The van der Waals surface area contributed by atoms with Gasteiger partial charge >= 0.3 is 0 Å². The van der Waals surface area contributed by atoms with E-state index in [0.717, 1.165) is 18.9 Å². The van der Waals surface area contributed by atoms with Crippen molar-refractivity contribution in [2.45, 2.75) is 38.8 Å². The van der Waals surface area contributed by atoms with E-state index >= 15 is 0 Å². The molecule has 2 rings (SSSR count). The second-order valence-electron chi connectivity index (χ2n) is 4.80. The lowest BCUT2D eigenvalue weighted by atomic mass is 10.0. The molecule has 1 aromatic rings. The molecule has 16 heavy (non-hydrogen) atoms. The summed E-state index contributed by atoms with van der Waals surface area (Å²) in [5.74, 6) is -0.451. The standard InChI is InChI=1S/C13H17F2N/c1-8(2)16-13(9-3-4-9)11-6-5-10(14)7-12(11)15/h5-9,13,16H,3-4H2,1-2H3. The second-order valence-corrected chi connectivity index (χ2v) is 4.80. The normalized spacial score (nSPS) is 17.8. The van der Waals surface area contributed by atoms with Crippen LogP contribution in [-0.2, 0) is 0 Å². The van der Waals surface area contributed by atoms with E-state index in [9.17, 15) is 8.78 Å². The number of rotatable bonds is 4. The van der Waals surface area contributed by atoms with Gasteiger partial charge in [0.2, 0.25) is 0 Å². The topological polar surface area (TPSA) is 12.0 Å². The fourth-order valence-electron chi connectivity index (χ4n) is 2.02. The Morgan fingerprint density at radius 3 is 2.44 bits per heavy atom. The van der Waals surface area contributed by atoms with E-state index in [0.29, 0.717) is 17.5 Å². The highest BCUT2D eigenvalue weighted by atomic mass is 19.1. The number of nitrogens with one attached hydrogen (secondary N) is 1. The van der Waals surface area contributed by atoms with Gasteiger partial charge in [-0.15, -0.1) is 0 Å². The maximum Gasteiger partial charge on any atom is 0.130 e. The van der Waals surface area contributed by atoms with Crippen molar-refractivity contribution >= 4 is 0 Å². The van der Waals surface area contributed by atoms with Gasteiger partial charge in [0, 0.05) is 23.7 Å². The van der Waals surface area contributed by atoms with Gasteiger partial charge in [-0.3, -0.25) is 0 Å². The highest BCUT2D eigenvalue weighted by molar-refractivity contribution is 5.24. The van der Waals surface area contributed by atoms with Gasteiger partial charge in [-0.1, -0.05) is 19.9 Å². The summed E-state index contributed by atoms with van der Waals surface area (Å²) in [6, 6.07) is 4.18. The molecule has 0 saturated heterocycles. The molecule has 1 nitrogen and oxygen atoms in total. The average Bonchev–Trinajstić information content (AvgIpc) is 2.97. The Kier molecular flexibility index (Phi) is 3.24.